The topological polar surface area (TPSA) is 72.9 Å². The highest BCUT2D eigenvalue weighted by atomic mass is 16.1. The van der Waals surface area contributed by atoms with Crippen molar-refractivity contribution in [3.63, 3.8) is 0 Å². The number of rotatable bonds is 8. The molecule has 1 aromatic heterocycles. The molecule has 16 heavy (non-hydrogen) atoms. The van der Waals surface area contributed by atoms with Gasteiger partial charge in [-0.3, -0.25) is 9.48 Å². The van der Waals surface area contributed by atoms with Gasteiger partial charge in [0.25, 0.3) is 0 Å². The maximum atomic E-state index is 10.5. The average Bonchev–Trinajstić information content (AvgIpc) is 2.65. The van der Waals surface area contributed by atoms with Crippen molar-refractivity contribution in [2.75, 3.05) is 6.54 Å². The summed E-state index contributed by atoms with van der Waals surface area (Å²) in [7, 11) is 0. The molecule has 1 heterocycles. The van der Waals surface area contributed by atoms with E-state index < -0.39 is 0 Å². The standard InChI is InChI=1S/C11H20N4O/c1-2-8-15-10(5-7-14-15)9-13-6-3-4-11(12)16/h5,7,13H,2-4,6,8-9H2,1H3,(H2,12,16). The van der Waals surface area contributed by atoms with Gasteiger partial charge in [0.05, 0.1) is 5.69 Å². The number of hydrogen-bond acceptors (Lipinski definition) is 3. The monoisotopic (exact) mass is 224 g/mol. The van der Waals surface area contributed by atoms with Gasteiger partial charge in [-0.1, -0.05) is 6.92 Å². The van der Waals surface area contributed by atoms with E-state index in [2.05, 4.69) is 17.3 Å². The van der Waals surface area contributed by atoms with Crippen molar-refractivity contribution in [2.45, 2.75) is 39.3 Å². The Morgan fingerprint density at radius 3 is 3.12 bits per heavy atom. The SMILES string of the molecule is CCCn1nccc1CNCCCC(N)=O. The Balaban J connectivity index is 2.21. The molecule has 1 amide bonds. The van der Waals surface area contributed by atoms with Gasteiger partial charge in [0.15, 0.2) is 0 Å². The first kappa shape index (κ1) is 12.7. The lowest BCUT2D eigenvalue weighted by Crippen LogP contribution is -2.20. The van der Waals surface area contributed by atoms with Gasteiger partial charge >= 0.3 is 0 Å². The normalized spacial score (nSPS) is 10.6. The van der Waals surface area contributed by atoms with Gasteiger partial charge in [0.2, 0.25) is 5.91 Å². The number of amides is 1. The van der Waals surface area contributed by atoms with Crippen LogP contribution in [0.3, 0.4) is 0 Å². The zero-order valence-corrected chi connectivity index (χ0v) is 9.78. The van der Waals surface area contributed by atoms with Crippen LogP contribution in [-0.4, -0.2) is 22.2 Å². The molecule has 0 aromatic carbocycles. The van der Waals surface area contributed by atoms with Crippen LogP contribution in [0.2, 0.25) is 0 Å². The second-order valence-electron chi connectivity index (χ2n) is 3.79. The fourth-order valence-electron chi connectivity index (χ4n) is 1.53. The van der Waals surface area contributed by atoms with E-state index in [0.717, 1.165) is 32.5 Å². The highest BCUT2D eigenvalue weighted by Gasteiger charge is 2.00. The minimum Gasteiger partial charge on any atom is -0.370 e. The number of nitrogens with two attached hydrogens (primary N) is 1. The quantitative estimate of drug-likeness (QED) is 0.637. The summed E-state index contributed by atoms with van der Waals surface area (Å²) in [6, 6.07) is 2.01. The van der Waals surface area contributed by atoms with Gasteiger partial charge in [-0.05, 0) is 25.5 Å². The molecule has 0 aliphatic heterocycles. The van der Waals surface area contributed by atoms with E-state index in [1.54, 1.807) is 0 Å². The highest BCUT2D eigenvalue weighted by molar-refractivity contribution is 5.73. The van der Waals surface area contributed by atoms with Gasteiger partial charge in [0, 0.05) is 25.7 Å². The van der Waals surface area contributed by atoms with Crippen LogP contribution in [0, 0.1) is 0 Å². The minimum atomic E-state index is -0.238. The Labute approximate surface area is 96.0 Å². The number of nitrogens with zero attached hydrogens (tertiary/aromatic N) is 2. The van der Waals surface area contributed by atoms with Crippen LogP contribution in [0.5, 0.6) is 0 Å². The molecule has 0 spiro atoms. The van der Waals surface area contributed by atoms with Crippen molar-refractivity contribution < 1.29 is 4.79 Å². The summed E-state index contributed by atoms with van der Waals surface area (Å²) < 4.78 is 2.00. The Kier molecular flexibility index (Phi) is 5.56. The molecule has 0 fully saturated rings. The molecule has 0 saturated heterocycles. The molecule has 0 bridgehead atoms. The van der Waals surface area contributed by atoms with Crippen LogP contribution in [-0.2, 0) is 17.9 Å². The largest absolute Gasteiger partial charge is 0.370 e. The van der Waals surface area contributed by atoms with E-state index in [-0.39, 0.29) is 5.91 Å². The summed E-state index contributed by atoms with van der Waals surface area (Å²) in [6.07, 6.45) is 4.13. The Bertz CT molecular complexity index is 322. The lowest BCUT2D eigenvalue weighted by atomic mass is 10.3. The second kappa shape index (κ2) is 7.00. The number of aromatic nitrogens is 2. The van der Waals surface area contributed by atoms with Crippen LogP contribution in [0.25, 0.3) is 0 Å². The van der Waals surface area contributed by atoms with Gasteiger partial charge in [-0.2, -0.15) is 5.10 Å². The van der Waals surface area contributed by atoms with Crippen LogP contribution in [0.15, 0.2) is 12.3 Å². The molecule has 0 aliphatic rings. The maximum absolute atomic E-state index is 10.5. The zero-order chi connectivity index (χ0) is 11.8. The molecule has 5 heteroatoms. The molecule has 0 atom stereocenters. The van der Waals surface area contributed by atoms with Crippen molar-refractivity contribution in [3.05, 3.63) is 18.0 Å². The minimum absolute atomic E-state index is 0.238. The predicted molar refractivity (Wildman–Crippen MR) is 62.7 cm³/mol. The molecule has 1 rings (SSSR count). The van der Waals surface area contributed by atoms with Gasteiger partial charge in [-0.25, -0.2) is 0 Å². The first-order valence-electron chi connectivity index (χ1n) is 5.73. The molecule has 0 saturated carbocycles. The van der Waals surface area contributed by atoms with E-state index in [1.807, 2.05) is 16.9 Å². The third-order valence-corrected chi connectivity index (χ3v) is 2.32. The number of carbonyl (C=O) groups is 1. The van der Waals surface area contributed by atoms with Crippen molar-refractivity contribution in [1.29, 1.82) is 0 Å². The van der Waals surface area contributed by atoms with E-state index in [9.17, 15) is 4.79 Å². The lowest BCUT2D eigenvalue weighted by Gasteiger charge is -2.07. The van der Waals surface area contributed by atoms with Gasteiger partial charge in [0.1, 0.15) is 0 Å². The first-order chi connectivity index (χ1) is 7.74. The Morgan fingerprint density at radius 1 is 1.62 bits per heavy atom. The number of hydrogen-bond donors (Lipinski definition) is 2. The smallest absolute Gasteiger partial charge is 0.217 e. The second-order valence-corrected chi connectivity index (χ2v) is 3.79. The summed E-state index contributed by atoms with van der Waals surface area (Å²) in [5.74, 6) is -0.238. The van der Waals surface area contributed by atoms with E-state index in [0.29, 0.717) is 6.42 Å². The van der Waals surface area contributed by atoms with Gasteiger partial charge in [-0.15, -0.1) is 0 Å². The molecule has 0 radical (unpaired) electrons. The summed E-state index contributed by atoms with van der Waals surface area (Å²) in [6.45, 7) is 4.68. The number of aryl methyl sites for hydroxylation is 1. The summed E-state index contributed by atoms with van der Waals surface area (Å²) in [4.78, 5) is 10.5. The van der Waals surface area contributed by atoms with E-state index >= 15 is 0 Å². The molecule has 90 valence electrons. The molecular weight excluding hydrogens is 204 g/mol. The molecule has 0 aliphatic carbocycles. The van der Waals surface area contributed by atoms with Crippen LogP contribution in [0.1, 0.15) is 31.9 Å². The van der Waals surface area contributed by atoms with Gasteiger partial charge < -0.3 is 11.1 Å². The fraction of sp³-hybridized carbons (Fsp3) is 0.636. The Morgan fingerprint density at radius 2 is 2.44 bits per heavy atom. The first-order valence-corrected chi connectivity index (χ1v) is 5.73. The van der Waals surface area contributed by atoms with Crippen LogP contribution in [0.4, 0.5) is 0 Å². The predicted octanol–water partition coefficient (Wildman–Crippen LogP) is 0.648. The highest BCUT2D eigenvalue weighted by Crippen LogP contribution is 1.99. The van der Waals surface area contributed by atoms with Crippen molar-refractivity contribution in [3.8, 4) is 0 Å². The summed E-state index contributed by atoms with van der Waals surface area (Å²) in [5, 5.41) is 7.51. The summed E-state index contributed by atoms with van der Waals surface area (Å²) >= 11 is 0. The fourth-order valence-corrected chi connectivity index (χ4v) is 1.53. The van der Waals surface area contributed by atoms with Crippen LogP contribution >= 0.6 is 0 Å². The lowest BCUT2D eigenvalue weighted by molar-refractivity contribution is -0.118. The third kappa shape index (κ3) is 4.44. The molecule has 3 N–H and O–H groups in total. The Hall–Kier alpha value is -1.36. The van der Waals surface area contributed by atoms with E-state index in [1.165, 1.54) is 5.69 Å². The number of primary amides is 1. The zero-order valence-electron chi connectivity index (χ0n) is 9.78. The van der Waals surface area contributed by atoms with Crippen LogP contribution < -0.4 is 11.1 Å². The van der Waals surface area contributed by atoms with E-state index in [4.69, 9.17) is 5.73 Å². The number of nitrogens with one attached hydrogen (secondary N) is 1. The molecule has 5 nitrogen and oxygen atoms in total. The third-order valence-electron chi connectivity index (χ3n) is 2.32. The van der Waals surface area contributed by atoms with Crippen molar-refractivity contribution >= 4 is 5.91 Å². The van der Waals surface area contributed by atoms with Crippen molar-refractivity contribution in [2.24, 2.45) is 5.73 Å². The summed E-state index contributed by atoms with van der Waals surface area (Å²) in [5.41, 5.74) is 6.23. The molecule has 0 unspecified atom stereocenters. The average molecular weight is 224 g/mol. The molecule has 1 aromatic rings. The molecular formula is C11H20N4O. The maximum Gasteiger partial charge on any atom is 0.217 e. The van der Waals surface area contributed by atoms with Crippen molar-refractivity contribution in [1.82, 2.24) is 15.1 Å². The number of carbonyl (C=O) groups excluding carboxylic acids is 1.